The second kappa shape index (κ2) is 12.2. The summed E-state index contributed by atoms with van der Waals surface area (Å²) < 4.78 is 16.2. The van der Waals surface area contributed by atoms with Crippen molar-refractivity contribution < 1.29 is 19.0 Å². The molecule has 9 nitrogen and oxygen atoms in total. The smallest absolute Gasteiger partial charge is 0.234 e. The number of rotatable bonds is 9. The Bertz CT molecular complexity index is 489. The highest BCUT2D eigenvalue weighted by Gasteiger charge is 2.33. The zero-order chi connectivity index (χ0) is 20.2. The minimum Gasteiger partial charge on any atom is -0.383 e. The van der Waals surface area contributed by atoms with Crippen LogP contribution in [-0.4, -0.2) is 114 Å². The van der Waals surface area contributed by atoms with Gasteiger partial charge in [-0.05, 0) is 6.92 Å². The standard InChI is InChI=1S/C19H37N5O4/c1-4-20-18(22-16-19(27-3)5-12-28-13-6-19)24-10-8-23(9-11-24)15-17(25)21-7-14-26-2/h4-16H2,1-3H3,(H,20,22)(H,21,25). The van der Waals surface area contributed by atoms with Gasteiger partial charge in [0.05, 0.1) is 25.3 Å². The lowest BCUT2D eigenvalue weighted by Gasteiger charge is -2.38. The number of carbonyl (C=O) groups is 1. The Morgan fingerprint density at radius 3 is 2.46 bits per heavy atom. The van der Waals surface area contributed by atoms with E-state index in [2.05, 4.69) is 27.4 Å². The Balaban J connectivity index is 1.83. The minimum absolute atomic E-state index is 0.0487. The second-order valence-corrected chi connectivity index (χ2v) is 7.28. The van der Waals surface area contributed by atoms with Crippen molar-refractivity contribution in [1.29, 1.82) is 0 Å². The van der Waals surface area contributed by atoms with E-state index in [-0.39, 0.29) is 11.5 Å². The van der Waals surface area contributed by atoms with Crippen LogP contribution >= 0.6 is 0 Å². The Labute approximate surface area is 168 Å². The number of amides is 1. The molecule has 0 radical (unpaired) electrons. The third-order valence-corrected chi connectivity index (χ3v) is 5.36. The summed E-state index contributed by atoms with van der Waals surface area (Å²) in [6.07, 6.45) is 1.75. The molecule has 0 aromatic heterocycles. The van der Waals surface area contributed by atoms with E-state index in [1.165, 1.54) is 0 Å². The second-order valence-electron chi connectivity index (χ2n) is 7.28. The van der Waals surface area contributed by atoms with Gasteiger partial charge < -0.3 is 29.7 Å². The van der Waals surface area contributed by atoms with Crippen molar-refractivity contribution >= 4 is 11.9 Å². The summed E-state index contributed by atoms with van der Waals surface area (Å²) in [6.45, 7) is 9.89. The topological polar surface area (TPSA) is 87.7 Å². The maximum absolute atomic E-state index is 12.0. The first-order valence-corrected chi connectivity index (χ1v) is 10.3. The summed E-state index contributed by atoms with van der Waals surface area (Å²) in [5.74, 6) is 0.974. The van der Waals surface area contributed by atoms with Gasteiger partial charge in [0.15, 0.2) is 5.96 Å². The van der Waals surface area contributed by atoms with Crippen molar-refractivity contribution in [2.45, 2.75) is 25.4 Å². The molecule has 2 heterocycles. The van der Waals surface area contributed by atoms with E-state index in [1.54, 1.807) is 14.2 Å². The highest BCUT2D eigenvalue weighted by Crippen LogP contribution is 2.24. The summed E-state index contributed by atoms with van der Waals surface area (Å²) in [5, 5.41) is 6.27. The number of piperazine rings is 1. The van der Waals surface area contributed by atoms with Crippen LogP contribution in [0.4, 0.5) is 0 Å². The van der Waals surface area contributed by atoms with Crippen molar-refractivity contribution in [2.24, 2.45) is 4.99 Å². The van der Waals surface area contributed by atoms with Gasteiger partial charge >= 0.3 is 0 Å². The van der Waals surface area contributed by atoms with Crippen LogP contribution in [0.5, 0.6) is 0 Å². The van der Waals surface area contributed by atoms with Crippen molar-refractivity contribution in [1.82, 2.24) is 20.4 Å². The zero-order valence-corrected chi connectivity index (χ0v) is 17.7. The molecule has 2 aliphatic heterocycles. The van der Waals surface area contributed by atoms with Gasteiger partial charge in [-0.25, -0.2) is 0 Å². The van der Waals surface area contributed by atoms with E-state index in [0.717, 1.165) is 64.7 Å². The quantitative estimate of drug-likeness (QED) is 0.308. The van der Waals surface area contributed by atoms with Crippen LogP contribution < -0.4 is 10.6 Å². The van der Waals surface area contributed by atoms with E-state index in [9.17, 15) is 4.79 Å². The molecule has 0 aromatic carbocycles. The summed E-state index contributed by atoms with van der Waals surface area (Å²) in [6, 6.07) is 0. The largest absolute Gasteiger partial charge is 0.383 e. The van der Waals surface area contributed by atoms with E-state index in [0.29, 0.717) is 26.2 Å². The van der Waals surface area contributed by atoms with Crippen LogP contribution in [0.2, 0.25) is 0 Å². The number of hydrogen-bond acceptors (Lipinski definition) is 6. The van der Waals surface area contributed by atoms with Gasteiger partial charge in [-0.1, -0.05) is 0 Å². The highest BCUT2D eigenvalue weighted by atomic mass is 16.5. The Morgan fingerprint density at radius 1 is 1.14 bits per heavy atom. The van der Waals surface area contributed by atoms with Gasteiger partial charge in [0.25, 0.3) is 0 Å². The van der Waals surface area contributed by atoms with Crippen LogP contribution in [0, 0.1) is 0 Å². The molecule has 2 fully saturated rings. The van der Waals surface area contributed by atoms with E-state index in [1.807, 2.05) is 0 Å². The van der Waals surface area contributed by atoms with Crippen LogP contribution in [0.3, 0.4) is 0 Å². The minimum atomic E-state index is -0.221. The van der Waals surface area contributed by atoms with E-state index < -0.39 is 0 Å². The van der Waals surface area contributed by atoms with Gasteiger partial charge in [-0.2, -0.15) is 0 Å². The van der Waals surface area contributed by atoms with Gasteiger partial charge in [0.1, 0.15) is 0 Å². The SMILES string of the molecule is CCNC(=NCC1(OC)CCOCC1)N1CCN(CC(=O)NCCOC)CC1. The fraction of sp³-hybridized carbons (Fsp3) is 0.895. The van der Waals surface area contributed by atoms with Crippen molar-refractivity contribution in [3.63, 3.8) is 0 Å². The summed E-state index contributed by atoms with van der Waals surface area (Å²) >= 11 is 0. The molecule has 2 N–H and O–H groups in total. The Morgan fingerprint density at radius 2 is 1.86 bits per heavy atom. The number of nitrogens with one attached hydrogen (secondary N) is 2. The van der Waals surface area contributed by atoms with Gasteiger partial charge in [-0.3, -0.25) is 14.7 Å². The highest BCUT2D eigenvalue weighted by molar-refractivity contribution is 5.80. The van der Waals surface area contributed by atoms with Gasteiger partial charge in [-0.15, -0.1) is 0 Å². The number of guanidine groups is 1. The first-order chi connectivity index (χ1) is 13.6. The van der Waals surface area contributed by atoms with E-state index >= 15 is 0 Å². The third kappa shape index (κ3) is 7.20. The molecule has 0 aliphatic carbocycles. The molecule has 0 bridgehead atoms. The lowest BCUT2D eigenvalue weighted by Crippen LogP contribution is -2.54. The normalized spacial score (nSPS) is 20.8. The molecule has 0 aromatic rings. The molecule has 9 heteroatoms. The van der Waals surface area contributed by atoms with Crippen LogP contribution in [0.25, 0.3) is 0 Å². The van der Waals surface area contributed by atoms with Crippen molar-refractivity contribution in [3.05, 3.63) is 0 Å². The van der Waals surface area contributed by atoms with Gasteiger partial charge in [0.2, 0.25) is 5.91 Å². The maximum Gasteiger partial charge on any atom is 0.234 e. The number of aliphatic imine (C=N–C) groups is 1. The molecular formula is C19H37N5O4. The third-order valence-electron chi connectivity index (χ3n) is 5.36. The molecule has 0 atom stereocenters. The predicted octanol–water partition coefficient (Wildman–Crippen LogP) is -0.472. The Hall–Kier alpha value is -1.42. The predicted molar refractivity (Wildman–Crippen MR) is 109 cm³/mol. The number of ether oxygens (including phenoxy) is 3. The molecule has 2 aliphatic rings. The fourth-order valence-electron chi connectivity index (χ4n) is 3.48. The molecule has 2 saturated heterocycles. The Kier molecular flexibility index (Phi) is 9.97. The van der Waals surface area contributed by atoms with Crippen LogP contribution in [-0.2, 0) is 19.0 Å². The summed E-state index contributed by atoms with van der Waals surface area (Å²) in [4.78, 5) is 21.3. The first kappa shape index (κ1) is 22.9. The maximum atomic E-state index is 12.0. The molecular weight excluding hydrogens is 362 g/mol. The molecule has 0 spiro atoms. The molecule has 0 saturated carbocycles. The lowest BCUT2D eigenvalue weighted by molar-refractivity contribution is -0.122. The molecule has 0 unspecified atom stereocenters. The zero-order valence-electron chi connectivity index (χ0n) is 17.7. The summed E-state index contributed by atoms with van der Waals surface area (Å²) in [7, 11) is 3.40. The number of nitrogens with zero attached hydrogens (tertiary/aromatic N) is 3. The molecule has 1 amide bonds. The van der Waals surface area contributed by atoms with Crippen LogP contribution in [0.1, 0.15) is 19.8 Å². The average molecular weight is 400 g/mol. The number of methoxy groups -OCH3 is 2. The average Bonchev–Trinajstić information content (AvgIpc) is 2.73. The molecule has 162 valence electrons. The van der Waals surface area contributed by atoms with Crippen molar-refractivity contribution in [2.75, 3.05) is 86.4 Å². The van der Waals surface area contributed by atoms with Gasteiger partial charge in [0, 0.05) is 79.5 Å². The monoisotopic (exact) mass is 399 g/mol. The number of hydrogen-bond donors (Lipinski definition) is 2. The lowest BCUT2D eigenvalue weighted by atomic mass is 9.94. The van der Waals surface area contributed by atoms with Crippen LogP contribution in [0.15, 0.2) is 4.99 Å². The fourth-order valence-corrected chi connectivity index (χ4v) is 3.48. The van der Waals surface area contributed by atoms with Crippen molar-refractivity contribution in [3.8, 4) is 0 Å². The summed E-state index contributed by atoms with van der Waals surface area (Å²) in [5.41, 5.74) is -0.221. The van der Waals surface area contributed by atoms with E-state index in [4.69, 9.17) is 19.2 Å². The molecule has 28 heavy (non-hydrogen) atoms. The molecule has 2 rings (SSSR count). The number of carbonyl (C=O) groups excluding carboxylic acids is 1. The first-order valence-electron chi connectivity index (χ1n) is 10.3.